The summed E-state index contributed by atoms with van der Waals surface area (Å²) in [6.07, 6.45) is 0. The van der Waals surface area contributed by atoms with E-state index in [1.54, 1.807) is 13.8 Å². The van der Waals surface area contributed by atoms with Gasteiger partial charge >= 0.3 is 0 Å². The van der Waals surface area contributed by atoms with Gasteiger partial charge in [0.1, 0.15) is 0 Å². The van der Waals surface area contributed by atoms with Crippen molar-refractivity contribution >= 4 is 11.8 Å². The van der Waals surface area contributed by atoms with E-state index in [2.05, 4.69) is 11.5 Å². The number of hydrogen-bond donors (Lipinski definition) is 4. The number of primary amides is 2. The van der Waals surface area contributed by atoms with Gasteiger partial charge in [-0.3, -0.25) is 9.59 Å². The maximum atomic E-state index is 9.80. The summed E-state index contributed by atoms with van der Waals surface area (Å²) >= 11 is 0. The Hall–Kier alpha value is -1.14. The molecule has 6 nitrogen and oxygen atoms in total. The van der Waals surface area contributed by atoms with Crippen molar-refractivity contribution in [2.24, 2.45) is 22.9 Å². The van der Waals surface area contributed by atoms with Crippen LogP contribution in [0.15, 0.2) is 0 Å². The van der Waals surface area contributed by atoms with Gasteiger partial charge < -0.3 is 22.9 Å². The van der Waals surface area contributed by atoms with Gasteiger partial charge in [-0.25, -0.2) is 0 Å². The van der Waals surface area contributed by atoms with Crippen LogP contribution in [-0.4, -0.2) is 23.9 Å². The third kappa shape index (κ3) is 11.6. The lowest BCUT2D eigenvalue weighted by Crippen LogP contribution is -2.32. The molecule has 0 heterocycles. The van der Waals surface area contributed by atoms with E-state index >= 15 is 0 Å². The van der Waals surface area contributed by atoms with Crippen LogP contribution in [0.1, 0.15) is 13.8 Å². The Balaban J connectivity index is 0. The summed E-state index contributed by atoms with van der Waals surface area (Å²) in [5.74, 6) is -0.926. The normalized spacial score (nSPS) is 13.7. The lowest BCUT2D eigenvalue weighted by atomic mass is 10.4. The summed E-state index contributed by atoms with van der Waals surface area (Å²) in [5.41, 5.74) is 19.3. The minimum absolute atomic E-state index is 0.463. The maximum absolute atomic E-state index is 9.80. The molecule has 0 saturated carbocycles. The van der Waals surface area contributed by atoms with E-state index in [0.717, 1.165) is 0 Å². The van der Waals surface area contributed by atoms with E-state index in [9.17, 15) is 9.59 Å². The predicted molar refractivity (Wildman–Crippen MR) is 45.7 cm³/mol. The van der Waals surface area contributed by atoms with Gasteiger partial charge in [0.05, 0.1) is 12.1 Å². The predicted octanol–water partition coefficient (Wildman–Crippen LogP) is -2.36. The van der Waals surface area contributed by atoms with Crippen molar-refractivity contribution in [3.63, 3.8) is 0 Å². The number of carbonyl (C=O) groups excluding carboxylic acids is 2. The highest BCUT2D eigenvalue weighted by atomic mass is 16.1. The van der Waals surface area contributed by atoms with Crippen molar-refractivity contribution in [2.45, 2.75) is 25.9 Å². The third-order valence-corrected chi connectivity index (χ3v) is 0.898. The van der Waals surface area contributed by atoms with Crippen LogP contribution in [0.25, 0.3) is 0 Å². The van der Waals surface area contributed by atoms with E-state index in [1.807, 2.05) is 0 Å². The highest BCUT2D eigenvalue weighted by molar-refractivity contribution is 5.79. The van der Waals surface area contributed by atoms with Crippen molar-refractivity contribution in [1.82, 2.24) is 0 Å². The van der Waals surface area contributed by atoms with Crippen LogP contribution in [0, 0.1) is 0 Å². The fourth-order valence-corrected chi connectivity index (χ4v) is 0. The molecule has 0 radical (unpaired) electrons. The van der Waals surface area contributed by atoms with E-state index in [0.29, 0.717) is 0 Å². The number of hydrogen-bond acceptors (Lipinski definition) is 4. The molecule has 0 unspecified atom stereocenters. The number of nitrogens with two attached hydrogens (primary N) is 4. The Morgan fingerprint density at radius 3 is 1.00 bits per heavy atom. The highest BCUT2D eigenvalue weighted by Crippen LogP contribution is 1.64. The van der Waals surface area contributed by atoms with E-state index in [1.165, 1.54) is 0 Å². The molecule has 6 heteroatoms. The molecule has 0 fully saturated rings. The van der Waals surface area contributed by atoms with Crippen LogP contribution < -0.4 is 22.9 Å². The fourth-order valence-electron chi connectivity index (χ4n) is 0. The first kappa shape index (κ1) is 13.4. The molecular weight excluding hydrogens is 160 g/mol. The second kappa shape index (κ2) is 6.56. The Kier molecular flexibility index (Phi) is 7.36. The zero-order valence-electron chi connectivity index (χ0n) is 7.28. The average molecular weight is 176 g/mol. The van der Waals surface area contributed by atoms with Crippen molar-refractivity contribution in [2.75, 3.05) is 0 Å². The van der Waals surface area contributed by atoms with E-state index < -0.39 is 23.9 Å². The van der Waals surface area contributed by atoms with Crippen LogP contribution in [0.4, 0.5) is 0 Å². The van der Waals surface area contributed by atoms with Gasteiger partial charge in [-0.05, 0) is 13.8 Å². The summed E-state index contributed by atoms with van der Waals surface area (Å²) in [6.45, 7) is 3.09. The van der Waals surface area contributed by atoms with Crippen LogP contribution in [0.3, 0.4) is 0 Å². The van der Waals surface area contributed by atoms with Crippen LogP contribution in [-0.2, 0) is 9.59 Å². The SMILES string of the molecule is C[C@H](N)C(N)=O.C[C@H](N)C(N)=O. The Morgan fingerprint density at radius 2 is 1.00 bits per heavy atom. The quantitative estimate of drug-likeness (QED) is 0.373. The molecule has 2 atom stereocenters. The van der Waals surface area contributed by atoms with Crippen molar-refractivity contribution in [3.05, 3.63) is 0 Å². The molecule has 0 aliphatic carbocycles. The summed E-state index contributed by atoms with van der Waals surface area (Å²) in [4.78, 5) is 19.6. The Morgan fingerprint density at radius 1 is 0.917 bits per heavy atom. The average Bonchev–Trinajstić information content (AvgIpc) is 1.88. The summed E-state index contributed by atoms with van der Waals surface area (Å²) < 4.78 is 0. The zero-order chi connectivity index (χ0) is 10.3. The fraction of sp³-hybridized carbons (Fsp3) is 0.667. The first-order valence-corrected chi connectivity index (χ1v) is 3.38. The van der Waals surface area contributed by atoms with Gasteiger partial charge in [0.15, 0.2) is 0 Å². The molecule has 12 heavy (non-hydrogen) atoms. The molecule has 0 aromatic rings. The second-order valence-corrected chi connectivity index (χ2v) is 2.38. The van der Waals surface area contributed by atoms with Gasteiger partial charge in [0.2, 0.25) is 11.8 Å². The van der Waals surface area contributed by atoms with E-state index in [4.69, 9.17) is 11.5 Å². The van der Waals surface area contributed by atoms with Crippen molar-refractivity contribution in [1.29, 1.82) is 0 Å². The first-order valence-electron chi connectivity index (χ1n) is 3.38. The second-order valence-electron chi connectivity index (χ2n) is 2.38. The summed E-state index contributed by atoms with van der Waals surface area (Å²) in [7, 11) is 0. The largest absolute Gasteiger partial charge is 0.368 e. The molecule has 0 saturated heterocycles. The maximum Gasteiger partial charge on any atom is 0.234 e. The minimum atomic E-state index is -0.509. The molecule has 0 aliphatic heterocycles. The van der Waals surface area contributed by atoms with Gasteiger partial charge in [-0.15, -0.1) is 0 Å². The van der Waals surface area contributed by atoms with Crippen LogP contribution in [0.2, 0.25) is 0 Å². The van der Waals surface area contributed by atoms with Crippen molar-refractivity contribution < 1.29 is 9.59 Å². The van der Waals surface area contributed by atoms with Crippen molar-refractivity contribution in [3.8, 4) is 0 Å². The molecule has 0 spiro atoms. The Bertz CT molecular complexity index is 138. The summed E-state index contributed by atoms with van der Waals surface area (Å²) in [5, 5.41) is 0. The highest BCUT2D eigenvalue weighted by Gasteiger charge is 1.96. The van der Waals surface area contributed by atoms with E-state index in [-0.39, 0.29) is 0 Å². The lowest BCUT2D eigenvalue weighted by Gasteiger charge is -1.91. The molecule has 72 valence electrons. The lowest BCUT2D eigenvalue weighted by molar-refractivity contribution is -0.119. The number of rotatable bonds is 2. The number of carbonyl (C=O) groups is 2. The Labute approximate surface area is 71.3 Å². The molecule has 0 aliphatic rings. The van der Waals surface area contributed by atoms with Gasteiger partial charge in [-0.2, -0.15) is 0 Å². The van der Waals surface area contributed by atoms with Gasteiger partial charge in [0.25, 0.3) is 0 Å². The standard InChI is InChI=1S/2C3H8N2O/c2*1-2(4)3(5)6/h2*2H,4H2,1H3,(H2,5,6)/t2*2-/m00/s1. The topological polar surface area (TPSA) is 138 Å². The number of amides is 2. The minimum Gasteiger partial charge on any atom is -0.368 e. The molecule has 0 bridgehead atoms. The summed E-state index contributed by atoms with van der Waals surface area (Å²) in [6, 6.07) is -1.02. The monoisotopic (exact) mass is 176 g/mol. The first-order chi connectivity index (χ1) is 5.29. The molecule has 0 rings (SSSR count). The molecule has 0 aromatic heterocycles. The van der Waals surface area contributed by atoms with Gasteiger partial charge in [-0.1, -0.05) is 0 Å². The zero-order valence-corrected chi connectivity index (χ0v) is 7.28. The molecular formula is C6H16N4O2. The molecule has 0 aromatic carbocycles. The van der Waals surface area contributed by atoms with Crippen LogP contribution in [0.5, 0.6) is 0 Å². The van der Waals surface area contributed by atoms with Crippen LogP contribution >= 0.6 is 0 Å². The third-order valence-electron chi connectivity index (χ3n) is 0.898. The molecule has 2 amide bonds. The van der Waals surface area contributed by atoms with Gasteiger partial charge in [0, 0.05) is 0 Å². The molecule has 8 N–H and O–H groups in total. The smallest absolute Gasteiger partial charge is 0.234 e.